The SMILES string of the molecule is Clc1ccc(/C=C/C[N-]c2nn[nH]n2)cc1. The maximum Gasteiger partial charge on any atom is 0.0617 e. The molecule has 82 valence electrons. The van der Waals surface area contributed by atoms with Crippen LogP contribution in [0.4, 0.5) is 5.95 Å². The van der Waals surface area contributed by atoms with Crippen molar-refractivity contribution in [2.45, 2.75) is 0 Å². The summed E-state index contributed by atoms with van der Waals surface area (Å²) in [5.74, 6) is 0.362. The maximum atomic E-state index is 5.77. The van der Waals surface area contributed by atoms with Crippen LogP contribution in [0.5, 0.6) is 0 Å². The minimum absolute atomic E-state index is 0.362. The molecule has 0 amide bonds. The summed E-state index contributed by atoms with van der Waals surface area (Å²) in [7, 11) is 0. The van der Waals surface area contributed by atoms with E-state index in [4.69, 9.17) is 11.6 Å². The van der Waals surface area contributed by atoms with Crippen LogP contribution in [0.3, 0.4) is 0 Å². The number of aromatic amines is 1. The number of nitrogens with zero attached hydrogens (tertiary/aromatic N) is 4. The van der Waals surface area contributed by atoms with Gasteiger partial charge in [-0.2, -0.15) is 0 Å². The van der Waals surface area contributed by atoms with Crippen molar-refractivity contribution in [3.63, 3.8) is 0 Å². The first-order valence-corrected chi connectivity index (χ1v) is 5.05. The number of halogens is 1. The molecule has 1 heterocycles. The predicted molar refractivity (Wildman–Crippen MR) is 62.5 cm³/mol. The van der Waals surface area contributed by atoms with Crippen molar-refractivity contribution in [1.82, 2.24) is 20.6 Å². The molecule has 1 aromatic carbocycles. The molecule has 16 heavy (non-hydrogen) atoms. The van der Waals surface area contributed by atoms with E-state index in [-0.39, 0.29) is 0 Å². The topological polar surface area (TPSA) is 68.6 Å². The lowest BCUT2D eigenvalue weighted by atomic mass is 10.2. The van der Waals surface area contributed by atoms with Gasteiger partial charge < -0.3 is 5.32 Å². The van der Waals surface area contributed by atoms with Crippen LogP contribution >= 0.6 is 11.6 Å². The molecular weight excluding hydrogens is 226 g/mol. The van der Waals surface area contributed by atoms with E-state index in [2.05, 4.69) is 25.9 Å². The van der Waals surface area contributed by atoms with E-state index in [0.29, 0.717) is 12.5 Å². The highest BCUT2D eigenvalue weighted by atomic mass is 35.5. The Morgan fingerprint density at radius 1 is 1.31 bits per heavy atom. The molecular formula is C10H9ClN5-. The zero-order valence-corrected chi connectivity index (χ0v) is 9.09. The Hall–Kier alpha value is -1.88. The highest BCUT2D eigenvalue weighted by Gasteiger charge is 1.87. The Morgan fingerprint density at radius 3 is 2.81 bits per heavy atom. The Balaban J connectivity index is 1.83. The lowest BCUT2D eigenvalue weighted by Crippen LogP contribution is -1.78. The molecule has 0 aliphatic heterocycles. The highest BCUT2D eigenvalue weighted by molar-refractivity contribution is 6.30. The van der Waals surface area contributed by atoms with Crippen molar-refractivity contribution in [3.05, 3.63) is 46.2 Å². The summed E-state index contributed by atoms with van der Waals surface area (Å²) < 4.78 is 0. The summed E-state index contributed by atoms with van der Waals surface area (Å²) in [6.07, 6.45) is 3.87. The minimum atomic E-state index is 0.362. The largest absolute Gasteiger partial charge is 0.387 e. The van der Waals surface area contributed by atoms with Crippen molar-refractivity contribution in [3.8, 4) is 0 Å². The van der Waals surface area contributed by atoms with Crippen molar-refractivity contribution < 1.29 is 0 Å². The number of benzene rings is 1. The van der Waals surface area contributed by atoms with E-state index in [9.17, 15) is 0 Å². The Labute approximate surface area is 97.5 Å². The quantitative estimate of drug-likeness (QED) is 0.884. The molecule has 0 atom stereocenters. The smallest absolute Gasteiger partial charge is 0.0617 e. The third kappa shape index (κ3) is 3.06. The molecule has 2 rings (SSSR count). The predicted octanol–water partition coefficient (Wildman–Crippen LogP) is 2.57. The molecule has 0 bridgehead atoms. The number of rotatable bonds is 4. The van der Waals surface area contributed by atoms with Crippen LogP contribution in [-0.4, -0.2) is 27.2 Å². The van der Waals surface area contributed by atoms with Crippen LogP contribution in [0.25, 0.3) is 11.4 Å². The number of hydrogen-bond acceptors (Lipinski definition) is 3. The third-order valence-corrected chi connectivity index (χ3v) is 2.10. The Bertz CT molecular complexity index is 449. The first-order valence-electron chi connectivity index (χ1n) is 4.67. The van der Waals surface area contributed by atoms with Crippen LogP contribution < -0.4 is 0 Å². The minimum Gasteiger partial charge on any atom is -0.387 e. The molecule has 0 aliphatic carbocycles. The molecule has 0 radical (unpaired) electrons. The average molecular weight is 235 g/mol. The number of aromatic nitrogens is 4. The summed E-state index contributed by atoms with van der Waals surface area (Å²) in [5.41, 5.74) is 1.08. The van der Waals surface area contributed by atoms with Crippen molar-refractivity contribution in [2.24, 2.45) is 0 Å². The zero-order valence-electron chi connectivity index (χ0n) is 8.34. The van der Waals surface area contributed by atoms with E-state index in [1.54, 1.807) is 0 Å². The number of tetrazole rings is 1. The van der Waals surface area contributed by atoms with Gasteiger partial charge in [0.25, 0.3) is 0 Å². The van der Waals surface area contributed by atoms with E-state index in [1.807, 2.05) is 36.4 Å². The molecule has 0 fully saturated rings. The Morgan fingerprint density at radius 2 is 2.12 bits per heavy atom. The second-order valence-electron chi connectivity index (χ2n) is 3.01. The van der Waals surface area contributed by atoms with Crippen LogP contribution in [0, 0.1) is 0 Å². The summed E-state index contributed by atoms with van der Waals surface area (Å²) in [5, 5.41) is 17.9. The maximum absolute atomic E-state index is 5.77. The molecule has 6 heteroatoms. The van der Waals surface area contributed by atoms with Gasteiger partial charge in [0.2, 0.25) is 0 Å². The van der Waals surface area contributed by atoms with Gasteiger partial charge in [-0.15, -0.1) is 5.21 Å². The fourth-order valence-electron chi connectivity index (χ4n) is 1.12. The van der Waals surface area contributed by atoms with Crippen molar-refractivity contribution >= 4 is 23.6 Å². The summed E-state index contributed by atoms with van der Waals surface area (Å²) in [6.45, 7) is 0.516. The van der Waals surface area contributed by atoms with Crippen LogP contribution in [0.1, 0.15) is 5.56 Å². The first-order chi connectivity index (χ1) is 7.84. The van der Waals surface area contributed by atoms with Crippen LogP contribution in [-0.2, 0) is 0 Å². The van der Waals surface area contributed by atoms with Gasteiger partial charge in [-0.05, 0) is 24.2 Å². The molecule has 0 saturated carbocycles. The fourth-order valence-corrected chi connectivity index (χ4v) is 1.25. The molecule has 0 unspecified atom stereocenters. The summed E-state index contributed by atoms with van der Waals surface area (Å²) in [6, 6.07) is 7.56. The molecule has 0 aliphatic rings. The monoisotopic (exact) mass is 234 g/mol. The summed E-state index contributed by atoms with van der Waals surface area (Å²) >= 11 is 5.77. The second kappa shape index (κ2) is 5.27. The van der Waals surface area contributed by atoms with Gasteiger partial charge in [0.05, 0.1) is 5.95 Å². The number of H-pyrrole nitrogens is 1. The lowest BCUT2D eigenvalue weighted by Gasteiger charge is -2.01. The molecule has 1 N–H and O–H groups in total. The molecule has 1 aromatic heterocycles. The van der Waals surface area contributed by atoms with Crippen molar-refractivity contribution in [1.29, 1.82) is 0 Å². The number of nitrogens with one attached hydrogen (secondary N) is 1. The van der Waals surface area contributed by atoms with Crippen molar-refractivity contribution in [2.75, 3.05) is 6.54 Å². The molecule has 2 aromatic rings. The highest BCUT2D eigenvalue weighted by Crippen LogP contribution is 2.11. The lowest BCUT2D eigenvalue weighted by molar-refractivity contribution is 0.881. The van der Waals surface area contributed by atoms with Gasteiger partial charge in [-0.25, -0.2) is 0 Å². The van der Waals surface area contributed by atoms with Gasteiger partial charge in [0.15, 0.2) is 0 Å². The van der Waals surface area contributed by atoms with Gasteiger partial charge in [-0.3, -0.25) is 15.4 Å². The van der Waals surface area contributed by atoms with E-state index >= 15 is 0 Å². The van der Waals surface area contributed by atoms with Gasteiger partial charge >= 0.3 is 0 Å². The standard InChI is InChI=1S/C10H9ClN5/c11-9-5-3-8(4-6-9)2-1-7-12-10-13-15-16-14-10/h1-6H,7H2,(H-,12,13,14,15,16)/q-1/b2-1+. The van der Waals surface area contributed by atoms with Crippen LogP contribution in [0.15, 0.2) is 30.3 Å². The van der Waals surface area contributed by atoms with Gasteiger partial charge in [-0.1, -0.05) is 35.9 Å². The normalized spacial score (nSPS) is 10.8. The average Bonchev–Trinajstić information content (AvgIpc) is 2.80. The Kier molecular flexibility index (Phi) is 3.50. The first kappa shape index (κ1) is 10.6. The second-order valence-corrected chi connectivity index (χ2v) is 3.44. The van der Waals surface area contributed by atoms with E-state index in [0.717, 1.165) is 10.6 Å². The third-order valence-electron chi connectivity index (χ3n) is 1.85. The van der Waals surface area contributed by atoms with Gasteiger partial charge in [0, 0.05) is 5.02 Å². The molecule has 5 nitrogen and oxygen atoms in total. The molecule has 0 spiro atoms. The van der Waals surface area contributed by atoms with Crippen LogP contribution in [0.2, 0.25) is 5.02 Å². The molecule has 0 saturated heterocycles. The van der Waals surface area contributed by atoms with Gasteiger partial charge in [0.1, 0.15) is 0 Å². The number of hydrogen-bond donors (Lipinski definition) is 1. The van der Waals surface area contributed by atoms with E-state index < -0.39 is 0 Å². The zero-order chi connectivity index (χ0) is 11.2. The summed E-state index contributed by atoms with van der Waals surface area (Å²) in [4.78, 5) is 0. The fraction of sp³-hybridized carbons (Fsp3) is 0.100. The van der Waals surface area contributed by atoms with E-state index in [1.165, 1.54) is 0 Å².